The minimum Gasteiger partial charge on any atom is -0.481 e. The van der Waals surface area contributed by atoms with Crippen LogP contribution in [-0.4, -0.2) is 42.1 Å². The van der Waals surface area contributed by atoms with E-state index >= 15 is 0 Å². The molecular weight excluding hydrogens is 272 g/mol. The van der Waals surface area contributed by atoms with E-state index in [1.807, 2.05) is 0 Å². The van der Waals surface area contributed by atoms with Crippen LogP contribution in [0.3, 0.4) is 0 Å². The minimum atomic E-state index is -2.95. The van der Waals surface area contributed by atoms with E-state index in [1.165, 1.54) is 36.2 Å². The maximum absolute atomic E-state index is 12.1. The molecule has 0 atom stereocenters. The van der Waals surface area contributed by atoms with Gasteiger partial charge in [-0.25, -0.2) is 0 Å². The van der Waals surface area contributed by atoms with E-state index in [2.05, 4.69) is 4.74 Å². The number of carbonyl (C=O) groups is 2. The van der Waals surface area contributed by atoms with Gasteiger partial charge in [0.25, 0.3) is 5.91 Å². The van der Waals surface area contributed by atoms with Crippen molar-refractivity contribution in [3.8, 4) is 5.75 Å². The number of rotatable bonds is 7. The Morgan fingerprint density at radius 2 is 2.10 bits per heavy atom. The van der Waals surface area contributed by atoms with E-state index in [-0.39, 0.29) is 30.2 Å². The summed E-state index contributed by atoms with van der Waals surface area (Å²) in [7, 11) is 1.52. The highest BCUT2D eigenvalue weighted by Gasteiger charge is 2.13. The number of aliphatic carboxylic acids is 1. The summed E-state index contributed by atoms with van der Waals surface area (Å²) in [5, 5.41) is 8.51. The summed E-state index contributed by atoms with van der Waals surface area (Å²) in [5.74, 6) is -1.40. The Labute approximate surface area is 114 Å². The Morgan fingerprint density at radius 1 is 1.40 bits per heavy atom. The zero-order chi connectivity index (χ0) is 15.1. The molecule has 0 heterocycles. The average molecular weight is 287 g/mol. The van der Waals surface area contributed by atoms with Crippen molar-refractivity contribution in [1.29, 1.82) is 0 Å². The molecule has 20 heavy (non-hydrogen) atoms. The van der Waals surface area contributed by atoms with Gasteiger partial charge in [-0.3, -0.25) is 9.59 Å². The number of hydrogen-bond donors (Lipinski definition) is 1. The fourth-order valence-electron chi connectivity index (χ4n) is 1.59. The largest absolute Gasteiger partial charge is 0.481 e. The fourth-order valence-corrected chi connectivity index (χ4v) is 1.59. The molecule has 0 aliphatic carbocycles. The van der Waals surface area contributed by atoms with Crippen molar-refractivity contribution in [2.45, 2.75) is 19.5 Å². The lowest BCUT2D eigenvalue weighted by Crippen LogP contribution is -2.28. The first-order valence-electron chi connectivity index (χ1n) is 5.92. The zero-order valence-corrected chi connectivity index (χ0v) is 10.9. The summed E-state index contributed by atoms with van der Waals surface area (Å²) >= 11 is 0. The molecule has 1 aromatic rings. The number of hydrogen-bond acceptors (Lipinski definition) is 3. The summed E-state index contributed by atoms with van der Waals surface area (Å²) in [5.41, 5.74) is 0.209. The van der Waals surface area contributed by atoms with Crippen molar-refractivity contribution >= 4 is 11.9 Å². The van der Waals surface area contributed by atoms with Crippen LogP contribution >= 0.6 is 0 Å². The molecule has 1 rings (SSSR count). The summed E-state index contributed by atoms with van der Waals surface area (Å²) < 4.78 is 28.4. The van der Waals surface area contributed by atoms with E-state index in [4.69, 9.17) is 5.11 Å². The van der Waals surface area contributed by atoms with E-state index in [9.17, 15) is 18.4 Å². The monoisotopic (exact) mass is 287 g/mol. The number of carbonyl (C=O) groups excluding carboxylic acids is 1. The standard InChI is InChI=1S/C13H15F2NO4/c1-16(7-3-6-11(17)18)12(19)9-4-2-5-10(8-9)20-13(14)15/h2,4-5,8,13H,3,6-7H2,1H3,(H,17,18). The molecule has 1 aromatic carbocycles. The van der Waals surface area contributed by atoms with Crippen molar-refractivity contribution in [2.75, 3.05) is 13.6 Å². The molecule has 0 radical (unpaired) electrons. The highest BCUT2D eigenvalue weighted by molar-refractivity contribution is 5.94. The maximum Gasteiger partial charge on any atom is 0.387 e. The van der Waals surface area contributed by atoms with E-state index in [0.717, 1.165) is 0 Å². The Morgan fingerprint density at radius 3 is 2.70 bits per heavy atom. The van der Waals surface area contributed by atoms with Crippen LogP contribution in [0.1, 0.15) is 23.2 Å². The molecule has 0 aliphatic rings. The van der Waals surface area contributed by atoms with Crippen LogP contribution in [0.15, 0.2) is 24.3 Å². The number of benzene rings is 1. The van der Waals surface area contributed by atoms with Crippen molar-refractivity contribution in [3.05, 3.63) is 29.8 Å². The Kier molecular flexibility index (Phi) is 5.89. The van der Waals surface area contributed by atoms with Crippen LogP contribution in [-0.2, 0) is 4.79 Å². The molecule has 0 unspecified atom stereocenters. The third-order valence-electron chi connectivity index (χ3n) is 2.54. The highest BCUT2D eigenvalue weighted by Crippen LogP contribution is 2.17. The number of ether oxygens (including phenoxy) is 1. The highest BCUT2D eigenvalue weighted by atomic mass is 19.3. The zero-order valence-electron chi connectivity index (χ0n) is 10.9. The SMILES string of the molecule is CN(CCCC(=O)O)C(=O)c1cccc(OC(F)F)c1. The smallest absolute Gasteiger partial charge is 0.387 e. The first kappa shape index (κ1) is 15.9. The second-order valence-electron chi connectivity index (χ2n) is 4.13. The van der Waals surface area contributed by atoms with Crippen LogP contribution in [0, 0.1) is 0 Å². The topological polar surface area (TPSA) is 66.8 Å². The fraction of sp³-hybridized carbons (Fsp3) is 0.385. The normalized spacial score (nSPS) is 10.4. The van der Waals surface area contributed by atoms with Gasteiger partial charge in [0.1, 0.15) is 5.75 Å². The first-order chi connectivity index (χ1) is 9.40. The lowest BCUT2D eigenvalue weighted by atomic mass is 10.2. The van der Waals surface area contributed by atoms with Crippen molar-refractivity contribution in [2.24, 2.45) is 0 Å². The Balaban J connectivity index is 2.64. The van der Waals surface area contributed by atoms with Gasteiger partial charge in [0.15, 0.2) is 0 Å². The molecule has 0 saturated heterocycles. The van der Waals surface area contributed by atoms with Crippen LogP contribution < -0.4 is 4.74 Å². The number of nitrogens with zero attached hydrogens (tertiary/aromatic N) is 1. The lowest BCUT2D eigenvalue weighted by molar-refractivity contribution is -0.137. The number of halogens is 2. The van der Waals surface area contributed by atoms with Crippen molar-refractivity contribution < 1.29 is 28.2 Å². The number of carboxylic acid groups (broad SMARTS) is 1. The maximum atomic E-state index is 12.1. The van der Waals surface area contributed by atoms with E-state index in [0.29, 0.717) is 6.42 Å². The van der Waals surface area contributed by atoms with Gasteiger partial charge in [0.05, 0.1) is 0 Å². The van der Waals surface area contributed by atoms with Gasteiger partial charge >= 0.3 is 12.6 Å². The van der Waals surface area contributed by atoms with Gasteiger partial charge in [-0.15, -0.1) is 0 Å². The molecule has 0 aliphatic heterocycles. The molecule has 0 spiro atoms. The summed E-state index contributed by atoms with van der Waals surface area (Å²) in [6.45, 7) is -2.68. The van der Waals surface area contributed by atoms with Gasteiger partial charge in [0.2, 0.25) is 0 Å². The molecule has 1 N–H and O–H groups in total. The number of alkyl halides is 2. The Hall–Kier alpha value is -2.18. The number of carboxylic acids is 1. The predicted octanol–water partition coefficient (Wildman–Crippen LogP) is 2.22. The molecular formula is C13H15F2NO4. The molecule has 110 valence electrons. The molecule has 7 heteroatoms. The van der Waals surface area contributed by atoms with Crippen LogP contribution in [0.4, 0.5) is 8.78 Å². The second kappa shape index (κ2) is 7.42. The quantitative estimate of drug-likeness (QED) is 0.835. The van der Waals surface area contributed by atoms with E-state index in [1.54, 1.807) is 0 Å². The second-order valence-corrected chi connectivity index (χ2v) is 4.13. The minimum absolute atomic E-state index is 0.0356. The van der Waals surface area contributed by atoms with Crippen molar-refractivity contribution in [3.63, 3.8) is 0 Å². The molecule has 0 bridgehead atoms. The van der Waals surface area contributed by atoms with Gasteiger partial charge in [0, 0.05) is 25.6 Å². The van der Waals surface area contributed by atoms with Gasteiger partial charge in [-0.05, 0) is 24.6 Å². The molecule has 1 amide bonds. The molecule has 0 fully saturated rings. The molecule has 0 aromatic heterocycles. The van der Waals surface area contributed by atoms with Gasteiger partial charge in [-0.1, -0.05) is 6.07 Å². The molecule has 5 nitrogen and oxygen atoms in total. The summed E-state index contributed by atoms with van der Waals surface area (Å²) in [6.07, 6.45) is 0.289. The van der Waals surface area contributed by atoms with Gasteiger partial charge < -0.3 is 14.7 Å². The van der Waals surface area contributed by atoms with Crippen LogP contribution in [0.25, 0.3) is 0 Å². The lowest BCUT2D eigenvalue weighted by Gasteiger charge is -2.17. The Bertz CT molecular complexity index is 479. The summed E-state index contributed by atoms with van der Waals surface area (Å²) in [4.78, 5) is 23.7. The van der Waals surface area contributed by atoms with Gasteiger partial charge in [-0.2, -0.15) is 8.78 Å². The third-order valence-corrected chi connectivity index (χ3v) is 2.54. The van der Waals surface area contributed by atoms with E-state index < -0.39 is 12.6 Å². The summed E-state index contributed by atoms with van der Waals surface area (Å²) in [6, 6.07) is 5.47. The van der Waals surface area contributed by atoms with Crippen LogP contribution in [0.2, 0.25) is 0 Å². The first-order valence-corrected chi connectivity index (χ1v) is 5.92. The average Bonchev–Trinajstić information content (AvgIpc) is 2.36. The van der Waals surface area contributed by atoms with Crippen molar-refractivity contribution in [1.82, 2.24) is 4.90 Å². The number of amides is 1. The third kappa shape index (κ3) is 5.21. The van der Waals surface area contributed by atoms with Crippen LogP contribution in [0.5, 0.6) is 5.75 Å². The predicted molar refractivity (Wildman–Crippen MR) is 66.9 cm³/mol. The molecule has 0 saturated carbocycles.